The lowest BCUT2D eigenvalue weighted by Crippen LogP contribution is -1.97. The minimum Gasteiger partial charge on any atom is -0.493 e. The van der Waals surface area contributed by atoms with Gasteiger partial charge in [-0.15, -0.1) is 0 Å². The molecule has 2 bridgehead atoms. The van der Waals surface area contributed by atoms with Crippen molar-refractivity contribution >= 4 is 0 Å². The van der Waals surface area contributed by atoms with Gasteiger partial charge >= 0.3 is 0 Å². The SMILES string of the molecule is COc1cc2c(cc1OC)C1C=CC2C1. The predicted molar refractivity (Wildman–Crippen MR) is 58.8 cm³/mol. The average Bonchev–Trinajstić information content (AvgIpc) is 2.88. The Labute approximate surface area is 89.5 Å². The summed E-state index contributed by atoms with van der Waals surface area (Å²) in [5, 5.41) is 0. The lowest BCUT2D eigenvalue weighted by atomic mass is 9.96. The smallest absolute Gasteiger partial charge is 0.161 e. The van der Waals surface area contributed by atoms with Gasteiger partial charge in [0.25, 0.3) is 0 Å². The molecule has 1 aromatic rings. The van der Waals surface area contributed by atoms with Gasteiger partial charge in [-0.25, -0.2) is 0 Å². The number of fused-ring (bicyclic) bond motifs is 5. The molecule has 0 saturated carbocycles. The number of methoxy groups -OCH3 is 2. The number of hydrogen-bond acceptors (Lipinski definition) is 2. The summed E-state index contributed by atoms with van der Waals surface area (Å²) in [6.07, 6.45) is 5.84. The Bertz CT molecular complexity index is 395. The molecule has 78 valence electrons. The molecule has 0 aromatic heterocycles. The van der Waals surface area contributed by atoms with E-state index in [1.54, 1.807) is 14.2 Å². The van der Waals surface area contributed by atoms with Crippen LogP contribution in [-0.2, 0) is 0 Å². The van der Waals surface area contributed by atoms with Gasteiger partial charge < -0.3 is 9.47 Å². The van der Waals surface area contributed by atoms with Crippen LogP contribution < -0.4 is 9.47 Å². The van der Waals surface area contributed by atoms with Crippen molar-refractivity contribution in [3.63, 3.8) is 0 Å². The van der Waals surface area contributed by atoms with E-state index in [1.807, 2.05) is 0 Å². The van der Waals surface area contributed by atoms with Gasteiger partial charge in [0.1, 0.15) is 0 Å². The molecule has 0 heterocycles. The van der Waals surface area contributed by atoms with Crippen LogP contribution in [0.4, 0.5) is 0 Å². The molecule has 0 amide bonds. The Morgan fingerprint density at radius 1 is 0.933 bits per heavy atom. The fraction of sp³-hybridized carbons (Fsp3) is 0.385. The molecule has 15 heavy (non-hydrogen) atoms. The van der Waals surface area contributed by atoms with E-state index in [0.717, 1.165) is 11.5 Å². The number of rotatable bonds is 2. The van der Waals surface area contributed by atoms with Crippen molar-refractivity contribution in [1.29, 1.82) is 0 Å². The van der Waals surface area contributed by atoms with Gasteiger partial charge in [-0.05, 0) is 29.7 Å². The minimum atomic E-state index is 0.602. The standard InChI is InChI=1S/C13H14O2/c1-14-12-6-10-8-3-4-9(5-8)11(10)7-13(12)15-2/h3-4,6-9H,5H2,1-2H3. The monoisotopic (exact) mass is 202 g/mol. The Hall–Kier alpha value is -1.44. The van der Waals surface area contributed by atoms with Crippen molar-refractivity contribution in [3.8, 4) is 11.5 Å². The van der Waals surface area contributed by atoms with Crippen molar-refractivity contribution < 1.29 is 9.47 Å². The van der Waals surface area contributed by atoms with Crippen LogP contribution in [0.3, 0.4) is 0 Å². The fourth-order valence-corrected chi connectivity index (χ4v) is 2.71. The highest BCUT2D eigenvalue weighted by molar-refractivity contribution is 5.56. The molecule has 2 nitrogen and oxygen atoms in total. The van der Waals surface area contributed by atoms with Crippen molar-refractivity contribution in [2.24, 2.45) is 0 Å². The molecule has 2 heteroatoms. The summed E-state index contributed by atoms with van der Waals surface area (Å²) < 4.78 is 10.6. The Kier molecular flexibility index (Phi) is 1.78. The van der Waals surface area contributed by atoms with E-state index in [9.17, 15) is 0 Å². The highest BCUT2D eigenvalue weighted by Gasteiger charge is 2.33. The highest BCUT2D eigenvalue weighted by Crippen LogP contribution is 2.51. The molecule has 0 spiro atoms. The third-order valence-electron chi connectivity index (χ3n) is 3.47. The van der Waals surface area contributed by atoms with E-state index in [2.05, 4.69) is 24.3 Å². The second-order valence-electron chi connectivity index (χ2n) is 4.17. The summed E-state index contributed by atoms with van der Waals surface area (Å²) in [6.45, 7) is 0. The first-order chi connectivity index (χ1) is 7.33. The van der Waals surface area contributed by atoms with Gasteiger partial charge in [-0.1, -0.05) is 12.2 Å². The Balaban J connectivity index is 2.15. The molecule has 2 atom stereocenters. The van der Waals surface area contributed by atoms with Crippen molar-refractivity contribution in [2.75, 3.05) is 14.2 Å². The van der Waals surface area contributed by atoms with E-state index >= 15 is 0 Å². The number of hydrogen-bond donors (Lipinski definition) is 0. The van der Waals surface area contributed by atoms with Crippen LogP contribution in [0.25, 0.3) is 0 Å². The molecule has 2 aliphatic rings. The van der Waals surface area contributed by atoms with Gasteiger partial charge in [0.05, 0.1) is 14.2 Å². The molecule has 0 radical (unpaired) electrons. The molecule has 0 fully saturated rings. The summed E-state index contributed by atoms with van der Waals surface area (Å²) in [4.78, 5) is 0. The number of ether oxygens (including phenoxy) is 2. The van der Waals surface area contributed by atoms with Crippen molar-refractivity contribution in [1.82, 2.24) is 0 Å². The minimum absolute atomic E-state index is 0.602. The summed E-state index contributed by atoms with van der Waals surface area (Å²) in [5.74, 6) is 2.89. The van der Waals surface area contributed by atoms with Crippen LogP contribution in [-0.4, -0.2) is 14.2 Å². The van der Waals surface area contributed by atoms with Crippen LogP contribution in [0, 0.1) is 0 Å². The lowest BCUT2D eigenvalue weighted by Gasteiger charge is -2.15. The number of benzene rings is 1. The molecule has 0 saturated heterocycles. The third-order valence-corrected chi connectivity index (χ3v) is 3.47. The van der Waals surface area contributed by atoms with Gasteiger partial charge in [-0.3, -0.25) is 0 Å². The Morgan fingerprint density at radius 3 is 1.80 bits per heavy atom. The van der Waals surface area contributed by atoms with Crippen LogP contribution >= 0.6 is 0 Å². The average molecular weight is 202 g/mol. The Morgan fingerprint density at radius 2 is 1.40 bits per heavy atom. The quantitative estimate of drug-likeness (QED) is 0.686. The fourth-order valence-electron chi connectivity index (χ4n) is 2.71. The second kappa shape index (κ2) is 3.02. The highest BCUT2D eigenvalue weighted by atomic mass is 16.5. The maximum absolute atomic E-state index is 5.32. The maximum atomic E-state index is 5.32. The zero-order valence-corrected chi connectivity index (χ0v) is 8.99. The first-order valence-corrected chi connectivity index (χ1v) is 5.27. The van der Waals surface area contributed by atoms with Gasteiger partial charge in [0.2, 0.25) is 0 Å². The molecular formula is C13H14O2. The zero-order valence-electron chi connectivity index (χ0n) is 8.99. The van der Waals surface area contributed by atoms with Crippen molar-refractivity contribution in [3.05, 3.63) is 35.4 Å². The topological polar surface area (TPSA) is 18.5 Å². The third kappa shape index (κ3) is 1.11. The summed E-state index contributed by atoms with van der Waals surface area (Å²) in [7, 11) is 3.38. The molecule has 2 aliphatic carbocycles. The van der Waals surface area contributed by atoms with E-state index in [-0.39, 0.29) is 0 Å². The van der Waals surface area contributed by atoms with Gasteiger partial charge in [0, 0.05) is 11.8 Å². The first-order valence-electron chi connectivity index (χ1n) is 5.27. The lowest BCUT2D eigenvalue weighted by molar-refractivity contribution is 0.354. The van der Waals surface area contributed by atoms with E-state index in [4.69, 9.17) is 9.47 Å². The summed E-state index contributed by atoms with van der Waals surface area (Å²) in [6, 6.07) is 4.25. The van der Waals surface area contributed by atoms with Crippen molar-refractivity contribution in [2.45, 2.75) is 18.3 Å². The zero-order chi connectivity index (χ0) is 10.4. The molecule has 0 aliphatic heterocycles. The molecule has 2 unspecified atom stereocenters. The van der Waals surface area contributed by atoms with Crippen LogP contribution in [0.5, 0.6) is 11.5 Å². The van der Waals surface area contributed by atoms with E-state index < -0.39 is 0 Å². The van der Waals surface area contributed by atoms with E-state index in [1.165, 1.54) is 17.5 Å². The maximum Gasteiger partial charge on any atom is 0.161 e. The summed E-state index contributed by atoms with van der Waals surface area (Å²) in [5.41, 5.74) is 2.83. The largest absolute Gasteiger partial charge is 0.493 e. The van der Waals surface area contributed by atoms with Crippen LogP contribution in [0.15, 0.2) is 24.3 Å². The molecule has 1 aromatic carbocycles. The molecular weight excluding hydrogens is 188 g/mol. The van der Waals surface area contributed by atoms with Gasteiger partial charge in [-0.2, -0.15) is 0 Å². The molecule has 0 N–H and O–H groups in total. The normalized spacial score (nSPS) is 25.5. The molecule has 3 rings (SSSR count). The van der Waals surface area contributed by atoms with Crippen LogP contribution in [0.1, 0.15) is 29.4 Å². The predicted octanol–water partition coefficient (Wildman–Crippen LogP) is 2.84. The van der Waals surface area contributed by atoms with Crippen LogP contribution in [0.2, 0.25) is 0 Å². The van der Waals surface area contributed by atoms with Gasteiger partial charge in [0.15, 0.2) is 11.5 Å². The van der Waals surface area contributed by atoms with E-state index in [0.29, 0.717) is 11.8 Å². The second-order valence-corrected chi connectivity index (χ2v) is 4.17. The number of allylic oxidation sites excluding steroid dienone is 2. The first kappa shape index (κ1) is 8.84. The summed E-state index contributed by atoms with van der Waals surface area (Å²) >= 11 is 0.